The van der Waals surface area contributed by atoms with Crippen LogP contribution in [0.1, 0.15) is 48.7 Å². The lowest BCUT2D eigenvalue weighted by Gasteiger charge is -2.13. The highest BCUT2D eigenvalue weighted by atomic mass is 79.9. The fourth-order valence-electron chi connectivity index (χ4n) is 4.30. The van der Waals surface area contributed by atoms with Crippen molar-refractivity contribution in [3.8, 4) is 0 Å². The summed E-state index contributed by atoms with van der Waals surface area (Å²) < 4.78 is 4.54. The molecule has 0 aliphatic heterocycles. The Kier molecular flexibility index (Phi) is 6.39. The number of aromatic nitrogens is 3. The molecule has 0 bridgehead atoms. The van der Waals surface area contributed by atoms with Gasteiger partial charge in [0, 0.05) is 39.6 Å². The van der Waals surface area contributed by atoms with Crippen molar-refractivity contribution in [3.05, 3.63) is 110 Å². The maximum Gasteiger partial charge on any atom is 0.282 e. The third kappa shape index (κ3) is 4.58. The molecular formula is C29H27BrN4O. The van der Waals surface area contributed by atoms with Crippen LogP contribution in [0.15, 0.2) is 87.3 Å². The van der Waals surface area contributed by atoms with E-state index in [9.17, 15) is 4.79 Å². The van der Waals surface area contributed by atoms with Crippen LogP contribution in [0, 0.1) is 6.92 Å². The molecule has 1 atom stereocenters. The van der Waals surface area contributed by atoms with Gasteiger partial charge in [0.15, 0.2) is 0 Å². The molecule has 0 aliphatic rings. The fraction of sp³-hybridized carbons (Fsp3) is 0.207. The first kappa shape index (κ1) is 23.2. The summed E-state index contributed by atoms with van der Waals surface area (Å²) in [5.74, 6) is 0.766. The first-order valence-corrected chi connectivity index (χ1v) is 12.6. The van der Waals surface area contributed by atoms with Crippen molar-refractivity contribution in [1.29, 1.82) is 0 Å². The summed E-state index contributed by atoms with van der Waals surface area (Å²) in [6, 6.07) is 22.5. The highest BCUT2D eigenvalue weighted by molar-refractivity contribution is 9.10. The Hall–Kier alpha value is -3.51. The maximum absolute atomic E-state index is 13.5. The van der Waals surface area contributed by atoms with Crippen molar-refractivity contribution in [2.24, 2.45) is 5.10 Å². The number of rotatable bonds is 6. The van der Waals surface area contributed by atoms with Crippen molar-refractivity contribution in [3.63, 3.8) is 0 Å². The number of nitrogens with zero attached hydrogens (tertiary/aromatic N) is 4. The van der Waals surface area contributed by atoms with Crippen LogP contribution < -0.4 is 5.56 Å². The number of benzene rings is 3. The Morgan fingerprint density at radius 1 is 1.06 bits per heavy atom. The summed E-state index contributed by atoms with van der Waals surface area (Å²) in [5.41, 5.74) is 5.10. The predicted octanol–water partition coefficient (Wildman–Crippen LogP) is 6.87. The van der Waals surface area contributed by atoms with Gasteiger partial charge in [-0.1, -0.05) is 77.8 Å². The van der Waals surface area contributed by atoms with Gasteiger partial charge in [-0.05, 0) is 43.2 Å². The summed E-state index contributed by atoms with van der Waals surface area (Å²) in [6.45, 7) is 7.03. The van der Waals surface area contributed by atoms with E-state index in [2.05, 4.69) is 83.9 Å². The van der Waals surface area contributed by atoms with E-state index < -0.39 is 0 Å². The quantitative estimate of drug-likeness (QED) is 0.227. The molecule has 3 aromatic carbocycles. The lowest BCUT2D eigenvalue weighted by molar-refractivity contribution is 0.613. The van der Waals surface area contributed by atoms with E-state index in [1.54, 1.807) is 6.21 Å². The Bertz CT molecular complexity index is 1610. The Balaban J connectivity index is 1.61. The van der Waals surface area contributed by atoms with E-state index in [0.717, 1.165) is 33.9 Å². The zero-order valence-electron chi connectivity index (χ0n) is 20.1. The topological polar surface area (TPSA) is 52.2 Å². The molecule has 0 N–H and O–H groups in total. The average Bonchev–Trinajstić information content (AvgIpc) is 3.22. The third-order valence-electron chi connectivity index (χ3n) is 6.49. The van der Waals surface area contributed by atoms with Crippen LogP contribution >= 0.6 is 15.9 Å². The summed E-state index contributed by atoms with van der Waals surface area (Å²) in [5, 5.41) is 6.34. The van der Waals surface area contributed by atoms with Gasteiger partial charge >= 0.3 is 0 Å². The first-order chi connectivity index (χ1) is 16.9. The van der Waals surface area contributed by atoms with Gasteiger partial charge in [-0.25, -0.2) is 4.98 Å². The predicted molar refractivity (Wildman–Crippen MR) is 148 cm³/mol. The molecule has 0 saturated heterocycles. The second kappa shape index (κ2) is 9.62. The minimum atomic E-state index is -0.161. The minimum absolute atomic E-state index is 0.0933. The van der Waals surface area contributed by atoms with Crippen LogP contribution in [0.4, 0.5) is 0 Å². The molecule has 0 spiro atoms. The summed E-state index contributed by atoms with van der Waals surface area (Å²) >= 11 is 3.47. The van der Waals surface area contributed by atoms with Gasteiger partial charge in [0.05, 0.1) is 17.1 Å². The van der Waals surface area contributed by atoms with E-state index in [4.69, 9.17) is 10.1 Å². The van der Waals surface area contributed by atoms with Crippen LogP contribution in [0.5, 0.6) is 0 Å². The van der Waals surface area contributed by atoms with Gasteiger partial charge in [0.1, 0.15) is 5.82 Å². The molecule has 5 aromatic rings. The molecule has 0 aliphatic carbocycles. The van der Waals surface area contributed by atoms with Crippen LogP contribution in [-0.2, 0) is 6.54 Å². The molecule has 5 rings (SSSR count). The van der Waals surface area contributed by atoms with Gasteiger partial charge in [-0.2, -0.15) is 9.78 Å². The molecule has 2 aromatic heterocycles. The van der Waals surface area contributed by atoms with Crippen LogP contribution in [0.2, 0.25) is 0 Å². The molecule has 5 nitrogen and oxygen atoms in total. The van der Waals surface area contributed by atoms with Gasteiger partial charge in [-0.3, -0.25) is 4.79 Å². The highest BCUT2D eigenvalue weighted by Gasteiger charge is 2.16. The van der Waals surface area contributed by atoms with Crippen molar-refractivity contribution >= 4 is 44.0 Å². The van der Waals surface area contributed by atoms with Gasteiger partial charge in [0.25, 0.3) is 5.56 Å². The number of halogens is 1. The molecular weight excluding hydrogens is 500 g/mol. The zero-order valence-corrected chi connectivity index (χ0v) is 21.7. The largest absolute Gasteiger partial charge is 0.342 e. The standard InChI is InChI=1S/C29H27BrN4O/c1-4-20(3)28-32-26-14-13-23(30)15-25(26)29(35)34(28)31-16-22-18-33(27-8-6-5-7-24(22)27)17-21-11-9-19(2)10-12-21/h5-16,18,20H,4,17H2,1-3H3/t20-/m1/s1. The van der Waals surface area contributed by atoms with Crippen molar-refractivity contribution in [2.45, 2.75) is 39.7 Å². The van der Waals surface area contributed by atoms with Crippen LogP contribution in [0.25, 0.3) is 21.8 Å². The third-order valence-corrected chi connectivity index (χ3v) is 6.98. The molecule has 0 unspecified atom stereocenters. The summed E-state index contributed by atoms with van der Waals surface area (Å²) in [7, 11) is 0. The Labute approximate surface area is 212 Å². The Morgan fingerprint density at radius 3 is 2.60 bits per heavy atom. The fourth-order valence-corrected chi connectivity index (χ4v) is 4.66. The Morgan fingerprint density at radius 2 is 1.83 bits per heavy atom. The number of hydrogen-bond acceptors (Lipinski definition) is 3. The average molecular weight is 527 g/mol. The van der Waals surface area contributed by atoms with Crippen molar-refractivity contribution < 1.29 is 0 Å². The zero-order chi connectivity index (χ0) is 24.5. The minimum Gasteiger partial charge on any atom is -0.342 e. The number of para-hydroxylation sites is 1. The normalized spacial score (nSPS) is 12.7. The molecule has 0 fully saturated rings. The molecule has 35 heavy (non-hydrogen) atoms. The van der Waals surface area contributed by atoms with Gasteiger partial charge in [0.2, 0.25) is 0 Å². The molecule has 176 valence electrons. The number of fused-ring (bicyclic) bond motifs is 2. The monoisotopic (exact) mass is 526 g/mol. The second-order valence-electron chi connectivity index (χ2n) is 9.02. The van der Waals surface area contributed by atoms with Gasteiger partial charge < -0.3 is 4.57 Å². The van der Waals surface area contributed by atoms with Crippen molar-refractivity contribution in [1.82, 2.24) is 14.2 Å². The maximum atomic E-state index is 13.5. The van der Waals surface area contributed by atoms with Gasteiger partial charge in [-0.15, -0.1) is 0 Å². The number of aryl methyl sites for hydroxylation is 1. The second-order valence-corrected chi connectivity index (χ2v) is 9.93. The first-order valence-electron chi connectivity index (χ1n) is 11.8. The summed E-state index contributed by atoms with van der Waals surface area (Å²) in [4.78, 5) is 18.3. The van der Waals surface area contributed by atoms with Crippen LogP contribution in [0.3, 0.4) is 0 Å². The summed E-state index contributed by atoms with van der Waals surface area (Å²) in [6.07, 6.45) is 4.75. The smallest absolute Gasteiger partial charge is 0.282 e. The SMILES string of the molecule is CC[C@@H](C)c1nc2ccc(Br)cc2c(=O)n1N=Cc1cn(Cc2ccc(C)cc2)c2ccccc12. The van der Waals surface area contributed by atoms with Crippen LogP contribution in [-0.4, -0.2) is 20.4 Å². The van der Waals surface area contributed by atoms with Crippen molar-refractivity contribution in [2.75, 3.05) is 0 Å². The molecule has 0 radical (unpaired) electrons. The molecule has 6 heteroatoms. The number of hydrogen-bond donors (Lipinski definition) is 0. The molecule has 2 heterocycles. The highest BCUT2D eigenvalue weighted by Crippen LogP contribution is 2.23. The lowest BCUT2D eigenvalue weighted by atomic mass is 10.1. The molecule has 0 saturated carbocycles. The lowest BCUT2D eigenvalue weighted by Crippen LogP contribution is -2.23. The van der Waals surface area contributed by atoms with E-state index >= 15 is 0 Å². The molecule has 0 amide bonds. The van der Waals surface area contributed by atoms with E-state index in [0.29, 0.717) is 16.7 Å². The van der Waals surface area contributed by atoms with E-state index in [-0.39, 0.29) is 11.5 Å². The van der Waals surface area contributed by atoms with E-state index in [1.165, 1.54) is 15.8 Å². The van der Waals surface area contributed by atoms with E-state index in [1.807, 2.05) is 30.3 Å².